The third-order valence-corrected chi connectivity index (χ3v) is 5.80. The number of imide groups is 1. The molecule has 3 amide bonds. The van der Waals surface area contributed by atoms with Crippen LogP contribution in [0.3, 0.4) is 0 Å². The van der Waals surface area contributed by atoms with Crippen LogP contribution in [0.1, 0.15) is 19.4 Å². The van der Waals surface area contributed by atoms with Gasteiger partial charge in [-0.15, -0.1) is 13.2 Å². The van der Waals surface area contributed by atoms with Crippen LogP contribution in [-0.2, 0) is 11.3 Å². The molecule has 178 valence electrons. The maximum Gasteiger partial charge on any atom is 0.573 e. The zero-order valence-electron chi connectivity index (χ0n) is 19.1. The maximum atomic E-state index is 13.4. The highest BCUT2D eigenvalue weighted by Gasteiger charge is 2.51. The fourth-order valence-electron chi connectivity index (χ4n) is 4.01. The van der Waals surface area contributed by atoms with Crippen molar-refractivity contribution in [3.63, 3.8) is 0 Å². The number of carbonyl (C=O) groups is 2. The lowest BCUT2D eigenvalue weighted by molar-refractivity contribution is -0.274. The van der Waals surface area contributed by atoms with Crippen LogP contribution in [0.15, 0.2) is 54.7 Å². The number of carbonyl (C=O) groups excluding carboxylic acids is 2. The molecule has 0 spiro atoms. The fraction of sp³-hybridized carbons (Fsp3) is 0.292. The van der Waals surface area contributed by atoms with Crippen LogP contribution in [0.4, 0.5) is 29.3 Å². The summed E-state index contributed by atoms with van der Waals surface area (Å²) in [6.07, 6.45) is -3.17. The van der Waals surface area contributed by atoms with Gasteiger partial charge in [0.2, 0.25) is 0 Å². The van der Waals surface area contributed by atoms with Crippen molar-refractivity contribution in [1.82, 2.24) is 9.88 Å². The summed E-state index contributed by atoms with van der Waals surface area (Å²) < 4.78 is 41.2. The Morgan fingerprint density at radius 3 is 2.32 bits per heavy atom. The Morgan fingerprint density at radius 2 is 1.71 bits per heavy atom. The van der Waals surface area contributed by atoms with Gasteiger partial charge in [-0.25, -0.2) is 9.69 Å². The number of aromatic nitrogens is 1. The lowest BCUT2D eigenvalue weighted by atomic mass is 10.0. The van der Waals surface area contributed by atoms with E-state index in [9.17, 15) is 22.8 Å². The first-order valence-corrected chi connectivity index (χ1v) is 10.5. The molecule has 1 aliphatic heterocycles. The summed E-state index contributed by atoms with van der Waals surface area (Å²) in [5.41, 5.74) is 1.50. The number of para-hydroxylation sites is 1. The van der Waals surface area contributed by atoms with E-state index in [4.69, 9.17) is 0 Å². The average Bonchev–Trinajstić information content (AvgIpc) is 2.92. The van der Waals surface area contributed by atoms with Crippen molar-refractivity contribution < 1.29 is 27.5 Å². The molecule has 1 fully saturated rings. The summed E-state index contributed by atoms with van der Waals surface area (Å²) in [6, 6.07) is 11.6. The number of hydrogen-bond donors (Lipinski definition) is 0. The van der Waals surface area contributed by atoms with Gasteiger partial charge < -0.3 is 14.5 Å². The molecule has 34 heavy (non-hydrogen) atoms. The molecule has 4 rings (SSSR count). The van der Waals surface area contributed by atoms with Crippen molar-refractivity contribution >= 4 is 34.2 Å². The van der Waals surface area contributed by atoms with Gasteiger partial charge in [0.25, 0.3) is 5.91 Å². The van der Waals surface area contributed by atoms with Crippen LogP contribution in [-0.4, -0.2) is 47.8 Å². The Bertz CT molecular complexity index is 1260. The van der Waals surface area contributed by atoms with E-state index < -0.39 is 29.6 Å². The molecule has 1 saturated heterocycles. The molecule has 3 aromatic rings. The number of amides is 3. The van der Waals surface area contributed by atoms with Crippen LogP contribution < -0.4 is 14.5 Å². The monoisotopic (exact) mass is 472 g/mol. The van der Waals surface area contributed by atoms with E-state index in [-0.39, 0.29) is 12.2 Å². The lowest BCUT2D eigenvalue weighted by Crippen LogP contribution is -2.43. The minimum atomic E-state index is -4.83. The summed E-state index contributed by atoms with van der Waals surface area (Å²) in [6.45, 7) is 3.44. The summed E-state index contributed by atoms with van der Waals surface area (Å²) in [5, 5.41) is 0.858. The van der Waals surface area contributed by atoms with Crippen LogP contribution >= 0.6 is 0 Å². The predicted molar refractivity (Wildman–Crippen MR) is 122 cm³/mol. The molecule has 7 nitrogen and oxygen atoms in total. The van der Waals surface area contributed by atoms with Gasteiger partial charge in [-0.05, 0) is 55.8 Å². The number of anilines is 2. The van der Waals surface area contributed by atoms with Gasteiger partial charge in [-0.2, -0.15) is 0 Å². The molecule has 0 saturated carbocycles. The van der Waals surface area contributed by atoms with E-state index in [1.54, 1.807) is 20.0 Å². The summed E-state index contributed by atoms with van der Waals surface area (Å²) in [7, 11) is 3.83. The minimum Gasteiger partial charge on any atom is -0.406 e. The minimum absolute atomic E-state index is 0.152. The molecule has 0 radical (unpaired) electrons. The molecular weight excluding hydrogens is 449 g/mol. The number of benzene rings is 2. The SMILES string of the molecule is CN(C)c1cccc2c(CN3C(=O)N(c4ccc(OC(F)(F)F)cc4)C(=O)C3(C)C)ccnc12. The first kappa shape index (κ1) is 23.3. The molecular formula is C24H23F3N4O3. The topological polar surface area (TPSA) is 66.0 Å². The van der Waals surface area contributed by atoms with E-state index in [1.165, 1.54) is 17.0 Å². The molecule has 10 heteroatoms. The van der Waals surface area contributed by atoms with Crippen molar-refractivity contribution in [3.05, 3.63) is 60.3 Å². The van der Waals surface area contributed by atoms with E-state index in [2.05, 4.69) is 9.72 Å². The highest BCUT2D eigenvalue weighted by molar-refractivity contribution is 6.23. The number of rotatable bonds is 5. The molecule has 0 unspecified atom stereocenters. The average molecular weight is 472 g/mol. The fourth-order valence-corrected chi connectivity index (χ4v) is 4.01. The van der Waals surface area contributed by atoms with Crippen molar-refractivity contribution in [2.45, 2.75) is 32.3 Å². The zero-order valence-corrected chi connectivity index (χ0v) is 19.1. The largest absolute Gasteiger partial charge is 0.573 e. The second kappa shape index (κ2) is 8.19. The van der Waals surface area contributed by atoms with Gasteiger partial charge in [0.15, 0.2) is 0 Å². The number of hydrogen-bond acceptors (Lipinski definition) is 5. The molecule has 1 aliphatic rings. The maximum absolute atomic E-state index is 13.4. The van der Waals surface area contributed by atoms with Crippen LogP contribution in [0.2, 0.25) is 0 Å². The predicted octanol–water partition coefficient (Wildman–Crippen LogP) is 4.95. The van der Waals surface area contributed by atoms with E-state index in [1.807, 2.05) is 43.3 Å². The number of nitrogens with zero attached hydrogens (tertiary/aromatic N) is 4. The van der Waals surface area contributed by atoms with E-state index >= 15 is 0 Å². The number of ether oxygens (including phenoxy) is 1. The quantitative estimate of drug-likeness (QED) is 0.492. The molecule has 0 bridgehead atoms. The number of fused-ring (bicyclic) bond motifs is 1. The van der Waals surface area contributed by atoms with Crippen LogP contribution in [0, 0.1) is 0 Å². The Hall–Kier alpha value is -3.82. The molecule has 0 N–H and O–H groups in total. The smallest absolute Gasteiger partial charge is 0.406 e. The second-order valence-electron chi connectivity index (χ2n) is 8.65. The third-order valence-electron chi connectivity index (χ3n) is 5.80. The zero-order chi connectivity index (χ0) is 24.8. The molecule has 2 heterocycles. The highest BCUT2D eigenvalue weighted by Crippen LogP contribution is 2.36. The van der Waals surface area contributed by atoms with Gasteiger partial charge in [0.1, 0.15) is 11.3 Å². The summed E-state index contributed by atoms with van der Waals surface area (Å²) in [5.74, 6) is -0.916. The van der Waals surface area contributed by atoms with E-state index in [0.717, 1.165) is 39.2 Å². The van der Waals surface area contributed by atoms with Crippen molar-refractivity contribution in [3.8, 4) is 5.75 Å². The summed E-state index contributed by atoms with van der Waals surface area (Å²) in [4.78, 5) is 35.4. The normalized spacial score (nSPS) is 15.9. The second-order valence-corrected chi connectivity index (χ2v) is 8.65. The molecule has 2 aromatic carbocycles. The van der Waals surface area contributed by atoms with Gasteiger partial charge >= 0.3 is 12.4 Å². The molecule has 0 aliphatic carbocycles. The third kappa shape index (κ3) is 4.11. The highest BCUT2D eigenvalue weighted by atomic mass is 19.4. The number of urea groups is 1. The Balaban J connectivity index is 1.67. The van der Waals surface area contributed by atoms with Crippen LogP contribution in [0.25, 0.3) is 10.9 Å². The van der Waals surface area contributed by atoms with Crippen molar-refractivity contribution in [2.24, 2.45) is 0 Å². The Morgan fingerprint density at radius 1 is 1.03 bits per heavy atom. The number of pyridine rings is 1. The lowest BCUT2D eigenvalue weighted by Gasteiger charge is -2.28. The first-order valence-electron chi connectivity index (χ1n) is 10.5. The number of halogens is 3. The van der Waals surface area contributed by atoms with E-state index in [0.29, 0.717) is 0 Å². The van der Waals surface area contributed by atoms with Crippen LogP contribution in [0.5, 0.6) is 5.75 Å². The van der Waals surface area contributed by atoms with Crippen molar-refractivity contribution in [2.75, 3.05) is 23.9 Å². The molecule has 0 atom stereocenters. The van der Waals surface area contributed by atoms with Crippen molar-refractivity contribution in [1.29, 1.82) is 0 Å². The van der Waals surface area contributed by atoms with Gasteiger partial charge in [-0.3, -0.25) is 9.78 Å². The Kier molecular flexibility index (Phi) is 5.63. The summed E-state index contributed by atoms with van der Waals surface area (Å²) >= 11 is 0. The van der Waals surface area contributed by atoms with Gasteiger partial charge in [0.05, 0.1) is 16.9 Å². The van der Waals surface area contributed by atoms with Gasteiger partial charge in [0, 0.05) is 32.2 Å². The molecule has 1 aromatic heterocycles. The standard InChI is InChI=1S/C24H23F3N4O3/c1-23(2)21(32)31(16-8-10-17(11-9-16)34-24(25,26)27)22(33)30(23)14-15-12-13-28-20-18(15)6-5-7-19(20)29(3)4/h5-13H,14H2,1-4H3. The van der Waals surface area contributed by atoms with Gasteiger partial charge in [-0.1, -0.05) is 12.1 Å². The number of alkyl halides is 3. The Labute approximate surface area is 194 Å². The first-order chi connectivity index (χ1) is 15.9.